The van der Waals surface area contributed by atoms with Gasteiger partial charge >= 0.3 is 0 Å². The fourth-order valence-corrected chi connectivity index (χ4v) is 3.21. The number of hydrogen-bond acceptors (Lipinski definition) is 2. The molecule has 0 saturated heterocycles. The maximum Gasteiger partial charge on any atom is 0.134 e. The minimum absolute atomic E-state index is 0.0622. The van der Waals surface area contributed by atoms with Crippen LogP contribution in [0.3, 0.4) is 0 Å². The van der Waals surface area contributed by atoms with Crippen molar-refractivity contribution in [1.82, 2.24) is 0 Å². The third-order valence-corrected chi connectivity index (χ3v) is 4.62. The van der Waals surface area contributed by atoms with Gasteiger partial charge in [-0.3, -0.25) is 0 Å². The van der Waals surface area contributed by atoms with E-state index in [1.54, 1.807) is 25.3 Å². The normalized spacial score (nSPS) is 12.1. The fourth-order valence-electron chi connectivity index (χ4n) is 1.93. The lowest BCUT2D eigenvalue weighted by Gasteiger charge is -2.15. The molecule has 2 aromatic rings. The Morgan fingerprint density at radius 2 is 1.62 bits per heavy atom. The highest BCUT2D eigenvalue weighted by molar-refractivity contribution is 9.10. The van der Waals surface area contributed by atoms with Gasteiger partial charge in [-0.15, -0.1) is 0 Å². The second kappa shape index (κ2) is 6.75. The number of benzene rings is 2. The van der Waals surface area contributed by atoms with Gasteiger partial charge in [-0.2, -0.15) is 0 Å². The lowest BCUT2D eigenvalue weighted by Crippen LogP contribution is -2.02. The highest BCUT2D eigenvalue weighted by atomic mass is 79.9. The van der Waals surface area contributed by atoms with Gasteiger partial charge in [0.2, 0.25) is 0 Å². The molecule has 21 heavy (non-hydrogen) atoms. The molecular formula is C15H12Br2F2O2. The minimum atomic E-state index is -0.666. The third kappa shape index (κ3) is 3.37. The standard InChI is InChI=1S/C15H12Br2F2O2/c1-20-9-6-11(18)14(12(19)7-9)15(17)8-3-4-13(21-2)10(16)5-8/h3-7,15H,1-2H3. The minimum Gasteiger partial charge on any atom is -0.497 e. The first-order valence-corrected chi connectivity index (χ1v) is 7.69. The van der Waals surface area contributed by atoms with E-state index < -0.39 is 16.5 Å². The fraction of sp³-hybridized carbons (Fsp3) is 0.200. The Kier molecular flexibility index (Phi) is 5.22. The summed E-state index contributed by atoms with van der Waals surface area (Å²) in [5.41, 5.74) is 0.638. The van der Waals surface area contributed by atoms with Crippen LogP contribution in [0.1, 0.15) is 16.0 Å². The van der Waals surface area contributed by atoms with Gasteiger partial charge in [0.25, 0.3) is 0 Å². The second-order valence-corrected chi connectivity index (χ2v) is 6.03. The second-order valence-electron chi connectivity index (χ2n) is 4.26. The van der Waals surface area contributed by atoms with Crippen LogP contribution in [-0.4, -0.2) is 14.2 Å². The molecule has 0 aliphatic rings. The van der Waals surface area contributed by atoms with Crippen molar-refractivity contribution in [3.05, 3.63) is 57.6 Å². The zero-order valence-electron chi connectivity index (χ0n) is 11.3. The Bertz CT molecular complexity index is 639. The lowest BCUT2D eigenvalue weighted by atomic mass is 10.0. The molecule has 0 heterocycles. The van der Waals surface area contributed by atoms with Crippen LogP contribution in [0.2, 0.25) is 0 Å². The summed E-state index contributed by atoms with van der Waals surface area (Å²) in [5, 5.41) is 0. The summed E-state index contributed by atoms with van der Waals surface area (Å²) in [7, 11) is 2.91. The third-order valence-electron chi connectivity index (χ3n) is 3.01. The average Bonchev–Trinajstić information content (AvgIpc) is 2.46. The number of halogens is 4. The van der Waals surface area contributed by atoms with E-state index in [0.29, 0.717) is 15.8 Å². The average molecular weight is 422 g/mol. The first kappa shape index (κ1) is 16.2. The number of hydrogen-bond donors (Lipinski definition) is 0. The molecule has 0 N–H and O–H groups in total. The first-order valence-electron chi connectivity index (χ1n) is 5.98. The van der Waals surface area contributed by atoms with Crippen molar-refractivity contribution in [3.63, 3.8) is 0 Å². The molecule has 0 spiro atoms. The number of alkyl halides is 1. The molecule has 2 rings (SSSR count). The molecule has 0 saturated carbocycles. The molecule has 1 atom stereocenters. The van der Waals surface area contributed by atoms with Crippen molar-refractivity contribution in [1.29, 1.82) is 0 Å². The van der Waals surface area contributed by atoms with E-state index in [1.165, 1.54) is 7.11 Å². The maximum absolute atomic E-state index is 14.1. The summed E-state index contributed by atoms with van der Waals surface area (Å²) >= 11 is 6.70. The summed E-state index contributed by atoms with van der Waals surface area (Å²) in [4.78, 5) is -0.620. The monoisotopic (exact) mass is 420 g/mol. The summed E-state index contributed by atoms with van der Waals surface area (Å²) in [6, 6.07) is 7.54. The first-order chi connectivity index (χ1) is 9.97. The molecule has 112 valence electrons. The Labute approximate surface area is 138 Å². The van der Waals surface area contributed by atoms with Gasteiger partial charge in [0.1, 0.15) is 23.1 Å². The van der Waals surface area contributed by atoms with Crippen LogP contribution in [0.15, 0.2) is 34.8 Å². The molecule has 0 bridgehead atoms. The molecule has 2 nitrogen and oxygen atoms in total. The number of rotatable bonds is 4. The SMILES string of the molecule is COc1cc(F)c(C(Br)c2ccc(OC)c(Br)c2)c(F)c1. The van der Waals surface area contributed by atoms with E-state index in [4.69, 9.17) is 9.47 Å². The maximum atomic E-state index is 14.1. The van der Waals surface area contributed by atoms with E-state index in [-0.39, 0.29) is 11.3 Å². The van der Waals surface area contributed by atoms with Gasteiger partial charge in [0.15, 0.2) is 0 Å². The topological polar surface area (TPSA) is 18.5 Å². The summed E-state index contributed by atoms with van der Waals surface area (Å²) in [6.45, 7) is 0. The van der Waals surface area contributed by atoms with Crippen LogP contribution in [0.25, 0.3) is 0 Å². The summed E-state index contributed by atoms with van der Waals surface area (Å²) < 4.78 is 38.9. The van der Waals surface area contributed by atoms with Crippen molar-refractivity contribution in [2.24, 2.45) is 0 Å². The molecule has 0 aliphatic carbocycles. The van der Waals surface area contributed by atoms with Crippen molar-refractivity contribution < 1.29 is 18.3 Å². The van der Waals surface area contributed by atoms with Gasteiger partial charge in [-0.05, 0) is 33.6 Å². The zero-order valence-corrected chi connectivity index (χ0v) is 14.5. The van der Waals surface area contributed by atoms with Crippen molar-refractivity contribution in [2.45, 2.75) is 4.83 Å². The van der Waals surface area contributed by atoms with Crippen LogP contribution >= 0.6 is 31.9 Å². The van der Waals surface area contributed by atoms with Gasteiger partial charge < -0.3 is 9.47 Å². The Morgan fingerprint density at radius 1 is 1.00 bits per heavy atom. The molecule has 0 radical (unpaired) electrons. The largest absolute Gasteiger partial charge is 0.497 e. The highest BCUT2D eigenvalue weighted by Gasteiger charge is 2.21. The predicted octanol–water partition coefficient (Wildman–Crippen LogP) is 5.23. The van der Waals surface area contributed by atoms with Crippen LogP contribution in [-0.2, 0) is 0 Å². The van der Waals surface area contributed by atoms with Gasteiger partial charge in [0.05, 0.1) is 23.5 Å². The van der Waals surface area contributed by atoms with E-state index in [9.17, 15) is 8.78 Å². The van der Waals surface area contributed by atoms with Gasteiger partial charge in [0, 0.05) is 17.7 Å². The van der Waals surface area contributed by atoms with Crippen LogP contribution < -0.4 is 9.47 Å². The molecule has 0 aromatic heterocycles. The van der Waals surface area contributed by atoms with Crippen LogP contribution in [0, 0.1) is 11.6 Å². The molecule has 0 fully saturated rings. The number of ether oxygens (including phenoxy) is 2. The molecule has 0 aliphatic heterocycles. The van der Waals surface area contributed by atoms with Crippen LogP contribution in [0.4, 0.5) is 8.78 Å². The summed E-state index contributed by atoms with van der Waals surface area (Å²) in [6.07, 6.45) is 0. The van der Waals surface area contributed by atoms with E-state index in [2.05, 4.69) is 31.9 Å². The van der Waals surface area contributed by atoms with Gasteiger partial charge in [-0.1, -0.05) is 22.0 Å². The van der Waals surface area contributed by atoms with Crippen LogP contribution in [0.5, 0.6) is 11.5 Å². The summed E-state index contributed by atoms with van der Waals surface area (Å²) in [5.74, 6) is -0.542. The zero-order chi connectivity index (χ0) is 15.6. The Morgan fingerprint density at radius 3 is 2.10 bits per heavy atom. The van der Waals surface area contributed by atoms with E-state index in [0.717, 1.165) is 12.1 Å². The molecule has 6 heteroatoms. The van der Waals surface area contributed by atoms with E-state index in [1.807, 2.05) is 0 Å². The van der Waals surface area contributed by atoms with Crippen molar-refractivity contribution in [2.75, 3.05) is 14.2 Å². The Hall–Kier alpha value is -1.14. The molecule has 1 unspecified atom stereocenters. The van der Waals surface area contributed by atoms with E-state index >= 15 is 0 Å². The smallest absolute Gasteiger partial charge is 0.134 e. The molecule has 2 aromatic carbocycles. The molecule has 0 amide bonds. The highest BCUT2D eigenvalue weighted by Crippen LogP contribution is 2.38. The van der Waals surface area contributed by atoms with Gasteiger partial charge in [-0.25, -0.2) is 8.78 Å². The quantitative estimate of drug-likeness (QED) is 0.629. The number of methoxy groups -OCH3 is 2. The lowest BCUT2D eigenvalue weighted by molar-refractivity contribution is 0.405. The molecular weight excluding hydrogens is 410 g/mol. The van der Waals surface area contributed by atoms with Crippen molar-refractivity contribution >= 4 is 31.9 Å². The van der Waals surface area contributed by atoms with Crippen molar-refractivity contribution in [3.8, 4) is 11.5 Å². The predicted molar refractivity (Wildman–Crippen MR) is 84.4 cm³/mol. The Balaban J connectivity index is 2.44.